The lowest BCUT2D eigenvalue weighted by molar-refractivity contribution is -0.174. The Labute approximate surface area is 211 Å². The van der Waals surface area contributed by atoms with Crippen molar-refractivity contribution in [2.45, 2.75) is 12.2 Å². The lowest BCUT2D eigenvalue weighted by Crippen LogP contribution is -2.42. The van der Waals surface area contributed by atoms with Crippen LogP contribution in [0.2, 0.25) is 0 Å². The number of esters is 2. The molecule has 14 nitrogen and oxygen atoms in total. The molecule has 0 radical (unpaired) electrons. The van der Waals surface area contributed by atoms with Gasteiger partial charge in [-0.1, -0.05) is 0 Å². The molecule has 0 spiro atoms. The van der Waals surface area contributed by atoms with Crippen LogP contribution < -0.4 is 0 Å². The fourth-order valence-corrected chi connectivity index (χ4v) is 2.20. The molecular formula is C22H42O14. The van der Waals surface area contributed by atoms with Gasteiger partial charge in [-0.3, -0.25) is 0 Å². The lowest BCUT2D eigenvalue weighted by Gasteiger charge is -2.16. The van der Waals surface area contributed by atoms with Gasteiger partial charge in [0.05, 0.1) is 92.5 Å². The van der Waals surface area contributed by atoms with Crippen LogP contribution in [0.5, 0.6) is 0 Å². The quantitative estimate of drug-likeness (QED) is 0.0900. The number of aliphatic hydroxyl groups is 2. The number of carbonyl (C=O) groups is 2. The van der Waals surface area contributed by atoms with Crippen molar-refractivity contribution in [1.82, 2.24) is 0 Å². The van der Waals surface area contributed by atoms with Crippen LogP contribution >= 0.6 is 0 Å². The summed E-state index contributed by atoms with van der Waals surface area (Å²) in [7, 11) is 3.18. The fourth-order valence-electron chi connectivity index (χ4n) is 2.20. The summed E-state index contributed by atoms with van der Waals surface area (Å²) in [4.78, 5) is 23.5. The third-order valence-electron chi connectivity index (χ3n) is 4.08. The van der Waals surface area contributed by atoms with Crippen molar-refractivity contribution in [2.75, 3.05) is 120 Å². The second-order valence-electron chi connectivity index (χ2n) is 6.88. The highest BCUT2D eigenvalue weighted by molar-refractivity contribution is 5.85. The molecule has 0 rings (SSSR count). The minimum atomic E-state index is -2.08. The molecule has 0 amide bonds. The van der Waals surface area contributed by atoms with E-state index in [2.05, 4.69) is 0 Å². The Balaban J connectivity index is 3.60. The lowest BCUT2D eigenvalue weighted by atomic mass is 10.2. The first-order valence-electron chi connectivity index (χ1n) is 11.7. The van der Waals surface area contributed by atoms with Gasteiger partial charge in [0.2, 0.25) is 0 Å². The summed E-state index contributed by atoms with van der Waals surface area (Å²) in [5.41, 5.74) is 0. The zero-order valence-corrected chi connectivity index (χ0v) is 21.3. The van der Waals surface area contributed by atoms with E-state index in [0.717, 1.165) is 0 Å². The van der Waals surface area contributed by atoms with E-state index in [-0.39, 0.29) is 39.6 Å². The maximum atomic E-state index is 11.7. The van der Waals surface area contributed by atoms with E-state index in [1.54, 1.807) is 14.2 Å². The Morgan fingerprint density at radius 2 is 0.667 bits per heavy atom. The highest BCUT2D eigenvalue weighted by Crippen LogP contribution is 2.00. The minimum Gasteiger partial charge on any atom is -0.461 e. The SMILES string of the molecule is COCCOCCOCCOCCOC(=O)[C@H](O)[C@@H](O)C(=O)OCCOCCOCCOCCOC. The predicted molar refractivity (Wildman–Crippen MR) is 123 cm³/mol. The third kappa shape index (κ3) is 21.8. The van der Waals surface area contributed by atoms with Crippen molar-refractivity contribution < 1.29 is 67.2 Å². The summed E-state index contributed by atoms with van der Waals surface area (Å²) in [5, 5.41) is 19.5. The normalized spacial score (nSPS) is 12.9. The van der Waals surface area contributed by atoms with Gasteiger partial charge in [0.25, 0.3) is 0 Å². The van der Waals surface area contributed by atoms with Crippen LogP contribution in [0, 0.1) is 0 Å². The van der Waals surface area contributed by atoms with E-state index in [9.17, 15) is 19.8 Å². The Hall–Kier alpha value is -1.46. The van der Waals surface area contributed by atoms with E-state index in [1.807, 2.05) is 0 Å². The molecule has 2 N–H and O–H groups in total. The van der Waals surface area contributed by atoms with Gasteiger partial charge in [-0.2, -0.15) is 0 Å². The molecule has 0 unspecified atom stereocenters. The highest BCUT2D eigenvalue weighted by Gasteiger charge is 2.32. The van der Waals surface area contributed by atoms with Crippen molar-refractivity contribution in [3.63, 3.8) is 0 Å². The molecule has 36 heavy (non-hydrogen) atoms. The third-order valence-corrected chi connectivity index (χ3v) is 4.08. The average Bonchev–Trinajstić information content (AvgIpc) is 2.88. The molecule has 0 aromatic rings. The zero-order chi connectivity index (χ0) is 26.7. The molecule has 2 atom stereocenters. The number of rotatable bonds is 27. The molecule has 0 aromatic carbocycles. The van der Waals surface area contributed by atoms with Gasteiger partial charge in [0.15, 0.2) is 12.2 Å². The van der Waals surface area contributed by atoms with E-state index in [4.69, 9.17) is 47.4 Å². The smallest absolute Gasteiger partial charge is 0.338 e. The van der Waals surface area contributed by atoms with Crippen molar-refractivity contribution in [2.24, 2.45) is 0 Å². The Morgan fingerprint density at radius 1 is 0.444 bits per heavy atom. The molecule has 0 aliphatic heterocycles. The molecule has 0 aliphatic rings. The molecular weight excluding hydrogens is 488 g/mol. The van der Waals surface area contributed by atoms with Crippen LogP contribution in [0.1, 0.15) is 0 Å². The van der Waals surface area contributed by atoms with Gasteiger partial charge in [0, 0.05) is 14.2 Å². The van der Waals surface area contributed by atoms with Crippen LogP contribution in [-0.2, 0) is 57.0 Å². The molecule has 0 bridgehead atoms. The largest absolute Gasteiger partial charge is 0.461 e. The summed E-state index contributed by atoms with van der Waals surface area (Å²) >= 11 is 0. The molecule has 0 saturated carbocycles. The number of aliphatic hydroxyl groups excluding tert-OH is 2. The van der Waals surface area contributed by atoms with Gasteiger partial charge in [-0.05, 0) is 0 Å². The van der Waals surface area contributed by atoms with Crippen LogP contribution in [0.3, 0.4) is 0 Å². The van der Waals surface area contributed by atoms with E-state index in [0.29, 0.717) is 66.1 Å². The monoisotopic (exact) mass is 530 g/mol. The van der Waals surface area contributed by atoms with E-state index >= 15 is 0 Å². The van der Waals surface area contributed by atoms with Crippen LogP contribution in [0.25, 0.3) is 0 Å². The van der Waals surface area contributed by atoms with Crippen LogP contribution in [0.15, 0.2) is 0 Å². The first kappa shape index (κ1) is 34.5. The molecule has 0 saturated heterocycles. The van der Waals surface area contributed by atoms with Gasteiger partial charge in [0.1, 0.15) is 13.2 Å². The van der Waals surface area contributed by atoms with Crippen molar-refractivity contribution in [1.29, 1.82) is 0 Å². The number of ether oxygens (including phenoxy) is 10. The second-order valence-corrected chi connectivity index (χ2v) is 6.88. The number of carbonyl (C=O) groups excluding carboxylic acids is 2. The number of methoxy groups -OCH3 is 2. The van der Waals surface area contributed by atoms with Crippen LogP contribution in [0.4, 0.5) is 0 Å². The zero-order valence-electron chi connectivity index (χ0n) is 21.3. The number of hydrogen-bond donors (Lipinski definition) is 2. The maximum absolute atomic E-state index is 11.7. The summed E-state index contributed by atoms with van der Waals surface area (Å²) in [6, 6.07) is 0. The molecule has 214 valence electrons. The fraction of sp³-hybridized carbons (Fsp3) is 0.909. The summed E-state index contributed by atoms with van der Waals surface area (Å²) < 4.78 is 50.6. The van der Waals surface area contributed by atoms with Crippen molar-refractivity contribution in [3.05, 3.63) is 0 Å². The summed E-state index contributed by atoms with van der Waals surface area (Å²) in [6.45, 7) is 4.70. The van der Waals surface area contributed by atoms with Gasteiger partial charge in [-0.15, -0.1) is 0 Å². The molecule has 0 heterocycles. The molecule has 14 heteroatoms. The van der Waals surface area contributed by atoms with Crippen molar-refractivity contribution >= 4 is 11.9 Å². The van der Waals surface area contributed by atoms with E-state index in [1.165, 1.54) is 0 Å². The second kappa shape index (κ2) is 26.6. The first-order chi connectivity index (χ1) is 17.5. The topological polar surface area (TPSA) is 167 Å². The van der Waals surface area contributed by atoms with Gasteiger partial charge in [-0.25, -0.2) is 9.59 Å². The number of hydrogen-bond acceptors (Lipinski definition) is 14. The van der Waals surface area contributed by atoms with Gasteiger partial charge < -0.3 is 57.6 Å². The minimum absolute atomic E-state index is 0.0502. The maximum Gasteiger partial charge on any atom is 0.338 e. The Bertz CT molecular complexity index is 463. The van der Waals surface area contributed by atoms with Crippen LogP contribution in [-0.4, -0.2) is 154 Å². The van der Waals surface area contributed by atoms with E-state index < -0.39 is 24.1 Å². The highest BCUT2D eigenvalue weighted by atomic mass is 16.6. The van der Waals surface area contributed by atoms with Crippen molar-refractivity contribution in [3.8, 4) is 0 Å². The average molecular weight is 531 g/mol. The summed E-state index contributed by atoms with van der Waals surface area (Å²) in [6.07, 6.45) is -4.17. The Kier molecular flexibility index (Phi) is 25.5. The van der Waals surface area contributed by atoms with Gasteiger partial charge >= 0.3 is 11.9 Å². The molecule has 0 fully saturated rings. The standard InChI is InChI=1S/C22H42O14/c1-27-3-5-29-7-9-31-11-13-33-15-17-35-21(25)19(23)20(24)22(26)36-18-16-34-14-12-32-10-8-30-6-4-28-2/h19-20,23-24H,3-18H2,1-2H3/t19-,20-/m1/s1. The first-order valence-corrected chi connectivity index (χ1v) is 11.7. The predicted octanol–water partition coefficient (Wildman–Crippen LogP) is -1.81. The molecule has 0 aliphatic carbocycles. The molecule has 0 aromatic heterocycles. The Morgan fingerprint density at radius 3 is 0.917 bits per heavy atom. The summed E-state index contributed by atoms with van der Waals surface area (Å²) in [5.74, 6) is -2.35.